The lowest BCUT2D eigenvalue weighted by Crippen LogP contribution is -2.40. The molecule has 0 radical (unpaired) electrons. The summed E-state index contributed by atoms with van der Waals surface area (Å²) in [5.74, 6) is 1.27. The highest BCUT2D eigenvalue weighted by Gasteiger charge is 2.25. The topological polar surface area (TPSA) is 20.3 Å². The van der Waals surface area contributed by atoms with Crippen molar-refractivity contribution >= 4 is 5.78 Å². The van der Waals surface area contributed by atoms with Gasteiger partial charge in [-0.1, -0.05) is 6.42 Å². The molecule has 0 amide bonds. The molecule has 0 aromatic carbocycles. The van der Waals surface area contributed by atoms with Crippen LogP contribution in [0.5, 0.6) is 0 Å². The average Bonchev–Trinajstić information content (AvgIpc) is 2.06. The molecule has 2 aliphatic rings. The second kappa shape index (κ2) is 4.43. The zero-order valence-electron chi connectivity index (χ0n) is 9.17. The molecule has 80 valence electrons. The summed E-state index contributed by atoms with van der Waals surface area (Å²) in [4.78, 5) is 13.6. The van der Waals surface area contributed by atoms with Crippen LogP contribution in [0.15, 0.2) is 0 Å². The smallest absolute Gasteiger partial charge is 0.132 e. The van der Waals surface area contributed by atoms with Gasteiger partial charge in [0.2, 0.25) is 0 Å². The van der Waals surface area contributed by atoms with E-state index in [1.165, 1.54) is 25.8 Å². The van der Waals surface area contributed by atoms with E-state index in [1.807, 2.05) is 0 Å². The minimum absolute atomic E-state index is 0.479. The van der Waals surface area contributed by atoms with Crippen LogP contribution in [0.3, 0.4) is 0 Å². The molecule has 0 aromatic rings. The van der Waals surface area contributed by atoms with Gasteiger partial charge in [0, 0.05) is 25.4 Å². The maximum atomic E-state index is 11.1. The summed E-state index contributed by atoms with van der Waals surface area (Å²) >= 11 is 0. The zero-order valence-corrected chi connectivity index (χ0v) is 9.17. The van der Waals surface area contributed by atoms with Crippen molar-refractivity contribution in [2.24, 2.45) is 5.92 Å². The highest BCUT2D eigenvalue weighted by molar-refractivity contribution is 5.79. The Kier molecular flexibility index (Phi) is 3.22. The van der Waals surface area contributed by atoms with Gasteiger partial charge in [-0.3, -0.25) is 4.79 Å². The third-order valence-electron chi connectivity index (χ3n) is 3.91. The highest BCUT2D eigenvalue weighted by atomic mass is 16.1. The van der Waals surface area contributed by atoms with E-state index >= 15 is 0 Å². The lowest BCUT2D eigenvalue weighted by Gasteiger charge is -2.37. The van der Waals surface area contributed by atoms with Crippen LogP contribution in [0.4, 0.5) is 0 Å². The Balaban J connectivity index is 1.71. The minimum atomic E-state index is 0.479. The first-order valence-corrected chi connectivity index (χ1v) is 5.97. The van der Waals surface area contributed by atoms with Gasteiger partial charge in [0.05, 0.1) is 0 Å². The van der Waals surface area contributed by atoms with Gasteiger partial charge in [-0.15, -0.1) is 0 Å². The van der Waals surface area contributed by atoms with E-state index in [4.69, 9.17) is 0 Å². The molecule has 2 saturated carbocycles. The summed E-state index contributed by atoms with van der Waals surface area (Å²) in [6, 6.07) is 0.854. The van der Waals surface area contributed by atoms with Gasteiger partial charge in [-0.25, -0.2) is 0 Å². The van der Waals surface area contributed by atoms with E-state index in [1.54, 1.807) is 0 Å². The van der Waals surface area contributed by atoms with Crippen molar-refractivity contribution in [3.05, 3.63) is 0 Å². The molecule has 2 rings (SSSR count). The molecule has 0 atom stereocenters. The molecule has 0 heterocycles. The molecule has 2 fully saturated rings. The molecular formula is C12H21NO. The predicted octanol–water partition coefficient (Wildman–Crippen LogP) is 2.23. The number of carbonyl (C=O) groups excluding carboxylic acids is 1. The predicted molar refractivity (Wildman–Crippen MR) is 57.2 cm³/mol. The summed E-state index contributed by atoms with van der Waals surface area (Å²) in [7, 11) is 2.25. The highest BCUT2D eigenvalue weighted by Crippen LogP contribution is 2.27. The Hall–Kier alpha value is -0.370. The van der Waals surface area contributed by atoms with E-state index in [2.05, 4.69) is 11.9 Å². The van der Waals surface area contributed by atoms with Crippen molar-refractivity contribution < 1.29 is 4.79 Å². The lowest BCUT2D eigenvalue weighted by molar-refractivity contribution is -0.121. The van der Waals surface area contributed by atoms with Crippen LogP contribution in [-0.2, 0) is 4.79 Å². The second-order valence-corrected chi connectivity index (χ2v) is 5.01. The Morgan fingerprint density at radius 1 is 1.21 bits per heavy atom. The molecule has 0 saturated heterocycles. The largest absolute Gasteiger partial charge is 0.303 e. The third-order valence-corrected chi connectivity index (χ3v) is 3.91. The van der Waals surface area contributed by atoms with Gasteiger partial charge in [0.25, 0.3) is 0 Å². The van der Waals surface area contributed by atoms with Crippen molar-refractivity contribution in [3.8, 4) is 0 Å². The number of carbonyl (C=O) groups is 1. The number of Topliss-reactive ketones (excluding diaryl/α,β-unsaturated/α-hetero) is 1. The van der Waals surface area contributed by atoms with Gasteiger partial charge >= 0.3 is 0 Å². The minimum Gasteiger partial charge on any atom is -0.303 e. The number of rotatable bonds is 3. The van der Waals surface area contributed by atoms with Crippen molar-refractivity contribution in [1.82, 2.24) is 4.90 Å². The first kappa shape index (κ1) is 10.2. The quantitative estimate of drug-likeness (QED) is 0.688. The van der Waals surface area contributed by atoms with Gasteiger partial charge in [-0.2, -0.15) is 0 Å². The van der Waals surface area contributed by atoms with Crippen LogP contribution >= 0.6 is 0 Å². The van der Waals surface area contributed by atoms with E-state index in [0.29, 0.717) is 5.78 Å². The van der Waals surface area contributed by atoms with Gasteiger partial charge < -0.3 is 4.90 Å². The Labute approximate surface area is 86.7 Å². The number of hydrogen-bond acceptors (Lipinski definition) is 2. The molecule has 0 spiro atoms. The fourth-order valence-electron chi connectivity index (χ4n) is 2.57. The van der Waals surface area contributed by atoms with Crippen molar-refractivity contribution in [2.75, 3.05) is 13.6 Å². The molecule has 2 nitrogen and oxygen atoms in total. The summed E-state index contributed by atoms with van der Waals surface area (Å²) in [5.41, 5.74) is 0. The van der Waals surface area contributed by atoms with Crippen molar-refractivity contribution in [2.45, 2.75) is 51.0 Å². The van der Waals surface area contributed by atoms with Crippen LogP contribution in [0, 0.1) is 5.92 Å². The number of ketones is 1. The summed E-state index contributed by atoms with van der Waals surface area (Å²) in [5, 5.41) is 0. The van der Waals surface area contributed by atoms with E-state index in [-0.39, 0.29) is 0 Å². The summed E-state index contributed by atoms with van der Waals surface area (Å²) in [6.07, 6.45) is 8.14. The van der Waals surface area contributed by atoms with Gasteiger partial charge in [0.1, 0.15) is 5.78 Å². The van der Waals surface area contributed by atoms with Crippen LogP contribution in [0.2, 0.25) is 0 Å². The fourth-order valence-corrected chi connectivity index (χ4v) is 2.57. The summed E-state index contributed by atoms with van der Waals surface area (Å²) in [6.45, 7) is 1.22. The Morgan fingerprint density at radius 3 is 2.36 bits per heavy atom. The number of nitrogens with zero attached hydrogens (tertiary/aromatic N) is 1. The normalized spacial score (nSPS) is 25.4. The number of hydrogen-bond donors (Lipinski definition) is 0. The molecular weight excluding hydrogens is 174 g/mol. The Morgan fingerprint density at radius 2 is 1.86 bits per heavy atom. The van der Waals surface area contributed by atoms with Crippen LogP contribution in [0.1, 0.15) is 44.9 Å². The maximum absolute atomic E-state index is 11.1. The molecule has 0 unspecified atom stereocenters. The van der Waals surface area contributed by atoms with Crippen molar-refractivity contribution in [3.63, 3.8) is 0 Å². The molecule has 2 aliphatic carbocycles. The van der Waals surface area contributed by atoms with E-state index in [0.717, 1.165) is 37.6 Å². The molecule has 0 aromatic heterocycles. The van der Waals surface area contributed by atoms with E-state index in [9.17, 15) is 4.79 Å². The average molecular weight is 195 g/mol. The van der Waals surface area contributed by atoms with E-state index < -0.39 is 0 Å². The van der Waals surface area contributed by atoms with Crippen molar-refractivity contribution in [1.29, 1.82) is 0 Å². The SMILES string of the molecule is CN(CC1CCC(=O)CC1)C1CCC1. The molecule has 0 aliphatic heterocycles. The van der Waals surface area contributed by atoms with Crippen LogP contribution in [-0.4, -0.2) is 30.3 Å². The lowest BCUT2D eigenvalue weighted by atomic mass is 9.86. The monoisotopic (exact) mass is 195 g/mol. The van der Waals surface area contributed by atoms with Gasteiger partial charge in [-0.05, 0) is 38.6 Å². The molecule has 0 N–H and O–H groups in total. The third kappa shape index (κ3) is 2.35. The maximum Gasteiger partial charge on any atom is 0.132 e. The van der Waals surface area contributed by atoms with Gasteiger partial charge in [0.15, 0.2) is 0 Å². The summed E-state index contributed by atoms with van der Waals surface area (Å²) < 4.78 is 0. The standard InChI is InChI=1S/C12H21NO/c1-13(11-3-2-4-11)9-10-5-7-12(14)8-6-10/h10-11H,2-9H2,1H3. The molecule has 14 heavy (non-hydrogen) atoms. The van der Waals surface area contributed by atoms with Crippen LogP contribution in [0.25, 0.3) is 0 Å². The zero-order chi connectivity index (χ0) is 9.97. The first-order chi connectivity index (χ1) is 6.75. The first-order valence-electron chi connectivity index (χ1n) is 5.97. The Bertz CT molecular complexity index is 200. The fraction of sp³-hybridized carbons (Fsp3) is 0.917. The molecule has 0 bridgehead atoms. The second-order valence-electron chi connectivity index (χ2n) is 5.01. The molecule has 2 heteroatoms. The van der Waals surface area contributed by atoms with Crippen LogP contribution < -0.4 is 0 Å².